The van der Waals surface area contributed by atoms with Crippen molar-refractivity contribution in [3.05, 3.63) is 0 Å². The van der Waals surface area contributed by atoms with E-state index in [2.05, 4.69) is 0 Å². The minimum absolute atomic E-state index is 0.160. The lowest BCUT2D eigenvalue weighted by Gasteiger charge is -1.89. The highest BCUT2D eigenvalue weighted by Gasteiger charge is 2.22. The molecule has 0 aliphatic heterocycles. The van der Waals surface area contributed by atoms with E-state index in [1.807, 2.05) is 0 Å². The third-order valence-corrected chi connectivity index (χ3v) is 0.599. The predicted octanol–water partition coefficient (Wildman–Crippen LogP) is -0.361. The van der Waals surface area contributed by atoms with Gasteiger partial charge in [-0.05, 0) is 0 Å². The van der Waals surface area contributed by atoms with E-state index in [0.29, 0.717) is 0 Å². The molecule has 0 amide bonds. The molecule has 0 saturated carbocycles. The minimum Gasteiger partial charge on any atom is -0.251 e. The monoisotopic (exact) mass is 109 g/mol. The van der Waals surface area contributed by atoms with Crippen LogP contribution in [-0.2, 0) is 4.79 Å². The Kier molecular flexibility index (Phi) is 1.65. The Hall–Kier alpha value is 0.0200. The average Bonchev–Trinajstić information content (AvgIpc) is 1.35. The number of hydrogen-bond donors (Lipinski definition) is 2. The molecule has 0 saturated heterocycles. The molecule has 2 N–H and O–H groups in total. The number of carbonyl (C=O) groups excluding carboxylic acids is 1. The molecule has 4 heteroatoms. The summed E-state index contributed by atoms with van der Waals surface area (Å²) in [7, 11) is -3.08. The van der Waals surface area contributed by atoms with Gasteiger partial charge in [-0.2, -0.15) is 0 Å². The van der Waals surface area contributed by atoms with Gasteiger partial charge in [0.05, 0.1) is 0 Å². The third kappa shape index (κ3) is 4.02. The molecule has 0 fully saturated rings. The van der Waals surface area contributed by atoms with E-state index in [0.717, 1.165) is 6.66 Å². The van der Waals surface area contributed by atoms with Crippen LogP contribution in [0.1, 0.15) is 0 Å². The standard InChI is InChI=1S/C2H6O3P/c1-6(4,5)2-3/h2,4-5H,1H3/q+1. The fraction of sp³-hybridized carbons (Fsp3) is 0.500. The maximum absolute atomic E-state index is 9.38. The van der Waals surface area contributed by atoms with E-state index in [9.17, 15) is 4.79 Å². The average molecular weight is 109 g/mol. The summed E-state index contributed by atoms with van der Waals surface area (Å²) < 4.78 is 0. The molecule has 0 rings (SSSR count). The summed E-state index contributed by atoms with van der Waals surface area (Å²) in [6.07, 6.45) is 0. The Morgan fingerprint density at radius 3 is 1.83 bits per heavy atom. The summed E-state index contributed by atoms with van der Waals surface area (Å²) >= 11 is 0. The SMILES string of the molecule is C[P+](O)(O)C=O. The second-order valence-corrected chi connectivity index (χ2v) is 3.25. The van der Waals surface area contributed by atoms with Crippen LogP contribution in [0, 0.1) is 0 Å². The van der Waals surface area contributed by atoms with Gasteiger partial charge in [0.25, 0.3) is 0 Å². The molecule has 36 valence electrons. The van der Waals surface area contributed by atoms with E-state index in [-0.39, 0.29) is 6.03 Å². The second-order valence-electron chi connectivity index (χ2n) is 1.08. The summed E-state index contributed by atoms with van der Waals surface area (Å²) in [5.41, 5.74) is 0. The molecule has 0 radical (unpaired) electrons. The van der Waals surface area contributed by atoms with Crippen molar-refractivity contribution in [3.8, 4) is 0 Å². The molecule has 0 heterocycles. The van der Waals surface area contributed by atoms with Gasteiger partial charge in [-0.15, -0.1) is 0 Å². The van der Waals surface area contributed by atoms with Crippen molar-refractivity contribution >= 4 is 13.7 Å². The van der Waals surface area contributed by atoms with E-state index in [1.54, 1.807) is 0 Å². The Morgan fingerprint density at radius 1 is 1.67 bits per heavy atom. The van der Waals surface area contributed by atoms with Gasteiger partial charge in [-0.1, -0.05) is 0 Å². The van der Waals surface area contributed by atoms with Gasteiger partial charge < -0.3 is 0 Å². The first-order valence-electron chi connectivity index (χ1n) is 1.34. The lowest BCUT2D eigenvalue weighted by Crippen LogP contribution is -1.83. The predicted molar refractivity (Wildman–Crippen MR) is 24.0 cm³/mol. The number of carbonyl (C=O) groups is 1. The Bertz CT molecular complexity index is 54.3. The van der Waals surface area contributed by atoms with Crippen molar-refractivity contribution < 1.29 is 14.6 Å². The van der Waals surface area contributed by atoms with Crippen molar-refractivity contribution in [1.29, 1.82) is 0 Å². The molecule has 3 nitrogen and oxygen atoms in total. The third-order valence-electron chi connectivity index (χ3n) is 0.200. The Labute approximate surface area is 36.1 Å². The zero-order chi connectivity index (χ0) is 5.21. The zero-order valence-electron chi connectivity index (χ0n) is 3.33. The smallest absolute Gasteiger partial charge is 0.251 e. The van der Waals surface area contributed by atoms with Crippen LogP contribution in [-0.4, -0.2) is 22.5 Å². The summed E-state index contributed by atoms with van der Waals surface area (Å²) in [4.78, 5) is 25.6. The molecule has 0 aromatic rings. The van der Waals surface area contributed by atoms with Gasteiger partial charge in [-0.3, -0.25) is 4.79 Å². The van der Waals surface area contributed by atoms with Crippen LogP contribution in [0.2, 0.25) is 0 Å². The van der Waals surface area contributed by atoms with Crippen LogP contribution in [0.4, 0.5) is 0 Å². The van der Waals surface area contributed by atoms with Crippen LogP contribution in [0.15, 0.2) is 0 Å². The molecule has 0 aliphatic carbocycles. The van der Waals surface area contributed by atoms with Gasteiger partial charge in [0, 0.05) is 0 Å². The molecule has 0 atom stereocenters. The minimum atomic E-state index is -3.08. The maximum Gasteiger partial charge on any atom is 0.330 e. The van der Waals surface area contributed by atoms with Crippen molar-refractivity contribution in [3.63, 3.8) is 0 Å². The van der Waals surface area contributed by atoms with Crippen LogP contribution in [0.5, 0.6) is 0 Å². The number of rotatable bonds is 1. The quantitative estimate of drug-likeness (QED) is 0.357. The molecular formula is C2H6O3P+. The van der Waals surface area contributed by atoms with Gasteiger partial charge in [-0.25, -0.2) is 9.79 Å². The summed E-state index contributed by atoms with van der Waals surface area (Å²) in [5, 5.41) is 0. The topological polar surface area (TPSA) is 57.5 Å². The van der Waals surface area contributed by atoms with Crippen molar-refractivity contribution in [2.45, 2.75) is 0 Å². The Balaban J connectivity index is 3.45. The summed E-state index contributed by atoms with van der Waals surface area (Å²) in [6.45, 7) is 1.10. The van der Waals surface area contributed by atoms with Gasteiger partial charge >= 0.3 is 13.7 Å². The normalized spacial score (nSPS) is 11.2. The van der Waals surface area contributed by atoms with Gasteiger partial charge in [0.2, 0.25) is 0 Å². The Morgan fingerprint density at radius 2 is 1.83 bits per heavy atom. The largest absolute Gasteiger partial charge is 0.330 e. The molecule has 0 bridgehead atoms. The van der Waals surface area contributed by atoms with Crippen molar-refractivity contribution in [1.82, 2.24) is 0 Å². The summed E-state index contributed by atoms with van der Waals surface area (Å²) in [6, 6.07) is 0.160. The fourth-order valence-electron chi connectivity index (χ4n) is 0. The second kappa shape index (κ2) is 1.65. The van der Waals surface area contributed by atoms with Crippen LogP contribution >= 0.6 is 7.72 Å². The van der Waals surface area contributed by atoms with Crippen LogP contribution < -0.4 is 0 Å². The summed E-state index contributed by atoms with van der Waals surface area (Å²) in [5.74, 6) is 0. The van der Waals surface area contributed by atoms with E-state index < -0.39 is 7.72 Å². The highest BCUT2D eigenvalue weighted by molar-refractivity contribution is 7.78. The molecular weight excluding hydrogens is 103 g/mol. The molecule has 0 aliphatic rings. The number of hydrogen-bond acceptors (Lipinski definition) is 3. The van der Waals surface area contributed by atoms with Gasteiger partial charge in [0.15, 0.2) is 0 Å². The lowest BCUT2D eigenvalue weighted by molar-refractivity contribution is 0.466. The van der Waals surface area contributed by atoms with Gasteiger partial charge in [0.1, 0.15) is 6.66 Å². The first-order valence-corrected chi connectivity index (χ1v) is 3.55. The molecule has 0 aromatic heterocycles. The first kappa shape index (κ1) is 6.02. The fourth-order valence-corrected chi connectivity index (χ4v) is 0. The van der Waals surface area contributed by atoms with Crippen LogP contribution in [0.3, 0.4) is 0 Å². The molecule has 0 spiro atoms. The highest BCUT2D eigenvalue weighted by atomic mass is 31.2. The maximum atomic E-state index is 9.38. The zero-order valence-corrected chi connectivity index (χ0v) is 4.22. The highest BCUT2D eigenvalue weighted by Crippen LogP contribution is 2.40. The van der Waals surface area contributed by atoms with Crippen molar-refractivity contribution in [2.24, 2.45) is 0 Å². The lowest BCUT2D eigenvalue weighted by atomic mass is 11.8. The molecule has 0 aromatic carbocycles. The van der Waals surface area contributed by atoms with Crippen molar-refractivity contribution in [2.75, 3.05) is 6.66 Å². The molecule has 0 unspecified atom stereocenters. The van der Waals surface area contributed by atoms with E-state index in [1.165, 1.54) is 0 Å². The first-order chi connectivity index (χ1) is 2.56. The van der Waals surface area contributed by atoms with Crippen LogP contribution in [0.25, 0.3) is 0 Å². The van der Waals surface area contributed by atoms with E-state index in [4.69, 9.17) is 9.79 Å². The van der Waals surface area contributed by atoms with E-state index >= 15 is 0 Å². The molecule has 6 heavy (non-hydrogen) atoms.